The van der Waals surface area contributed by atoms with Crippen molar-refractivity contribution in [1.29, 1.82) is 0 Å². The summed E-state index contributed by atoms with van der Waals surface area (Å²) < 4.78 is 15.8. The fourth-order valence-corrected chi connectivity index (χ4v) is 1.99. The Morgan fingerprint density at radius 1 is 0.864 bits per heavy atom. The molecule has 4 nitrogen and oxygen atoms in total. The number of hydrogen-bond donors (Lipinski definition) is 0. The predicted octanol–water partition coefficient (Wildman–Crippen LogP) is 2.95. The molecule has 0 saturated heterocycles. The van der Waals surface area contributed by atoms with Crippen molar-refractivity contribution in [3.05, 3.63) is 53.6 Å². The molecule has 0 aliphatic carbocycles. The largest absolute Gasteiger partial charge is 0.493 e. The summed E-state index contributed by atoms with van der Waals surface area (Å²) in [5, 5.41) is 0. The van der Waals surface area contributed by atoms with Gasteiger partial charge in [0.15, 0.2) is 11.5 Å². The lowest BCUT2D eigenvalue weighted by Crippen LogP contribution is -1.98. The van der Waals surface area contributed by atoms with E-state index < -0.39 is 0 Å². The molecule has 2 rings (SSSR count). The highest BCUT2D eigenvalue weighted by molar-refractivity contribution is 6.09. The molecule has 0 aliphatic rings. The normalized spacial score (nSPS) is 9.41. The molecule has 0 heterocycles. The van der Waals surface area contributed by atoms with E-state index in [9.17, 15) is 4.79 Å². The van der Waals surface area contributed by atoms with Gasteiger partial charge in [-0.15, -0.1) is 0 Å². The number of ether oxygens (including phenoxy) is 3. The lowest BCUT2D eigenvalue weighted by Gasteiger charge is -2.12. The van der Waals surface area contributed by atoms with Crippen LogP contribution < -0.4 is 14.2 Å². The number of Topliss-reactive ketones (excluding diaryl/α,β-unsaturated/α-hetero) is 1. The van der Waals surface area contributed by atoms with Gasteiger partial charge in [-0.05, 0) is 18.1 Å². The Labute approximate surface area is 129 Å². The van der Waals surface area contributed by atoms with Gasteiger partial charge in [-0.1, -0.05) is 36.3 Å². The molecule has 0 unspecified atom stereocenters. The van der Waals surface area contributed by atoms with Crippen molar-refractivity contribution in [2.45, 2.75) is 0 Å². The van der Waals surface area contributed by atoms with Crippen LogP contribution >= 0.6 is 0 Å². The van der Waals surface area contributed by atoms with Crippen LogP contribution in [0.1, 0.15) is 15.9 Å². The molecule has 0 fully saturated rings. The quantitative estimate of drug-likeness (QED) is 0.643. The van der Waals surface area contributed by atoms with Crippen molar-refractivity contribution in [3.63, 3.8) is 0 Å². The average Bonchev–Trinajstić information content (AvgIpc) is 2.59. The maximum Gasteiger partial charge on any atom is 0.236 e. The van der Waals surface area contributed by atoms with E-state index in [1.165, 1.54) is 14.2 Å². The van der Waals surface area contributed by atoms with Gasteiger partial charge in [0.2, 0.25) is 11.5 Å². The second kappa shape index (κ2) is 7.19. The molecule has 0 atom stereocenters. The third-order valence-electron chi connectivity index (χ3n) is 3.05. The van der Waals surface area contributed by atoms with Crippen molar-refractivity contribution in [3.8, 4) is 29.1 Å². The Hall–Kier alpha value is -2.93. The van der Waals surface area contributed by atoms with Crippen molar-refractivity contribution < 1.29 is 19.0 Å². The van der Waals surface area contributed by atoms with Crippen molar-refractivity contribution in [2.24, 2.45) is 0 Å². The summed E-state index contributed by atoms with van der Waals surface area (Å²) >= 11 is 0. The van der Waals surface area contributed by atoms with Gasteiger partial charge in [-0.25, -0.2) is 0 Å². The number of ketones is 1. The lowest BCUT2D eigenvalue weighted by atomic mass is 10.1. The molecule has 0 aromatic heterocycles. The van der Waals surface area contributed by atoms with Crippen LogP contribution in [0.4, 0.5) is 0 Å². The first kappa shape index (κ1) is 15.5. The van der Waals surface area contributed by atoms with E-state index in [1.807, 2.05) is 6.07 Å². The number of rotatable bonds is 4. The van der Waals surface area contributed by atoms with E-state index >= 15 is 0 Å². The van der Waals surface area contributed by atoms with Crippen molar-refractivity contribution in [1.82, 2.24) is 0 Å². The van der Waals surface area contributed by atoms with E-state index in [-0.39, 0.29) is 5.78 Å². The number of hydrogen-bond acceptors (Lipinski definition) is 4. The average molecular weight is 296 g/mol. The van der Waals surface area contributed by atoms with Gasteiger partial charge >= 0.3 is 0 Å². The summed E-state index contributed by atoms with van der Waals surface area (Å²) in [6, 6.07) is 12.3. The maximum absolute atomic E-state index is 12.0. The van der Waals surface area contributed by atoms with Crippen LogP contribution in [0.2, 0.25) is 0 Å². The van der Waals surface area contributed by atoms with Gasteiger partial charge in [-0.2, -0.15) is 0 Å². The summed E-state index contributed by atoms with van der Waals surface area (Å²) in [5.74, 6) is 6.62. The van der Waals surface area contributed by atoms with Gasteiger partial charge < -0.3 is 14.2 Å². The first-order valence-electron chi connectivity index (χ1n) is 6.61. The van der Waals surface area contributed by atoms with Crippen molar-refractivity contribution >= 4 is 5.78 Å². The van der Waals surface area contributed by atoms with Crippen LogP contribution in [0.15, 0.2) is 42.5 Å². The molecular weight excluding hydrogens is 280 g/mol. The number of carbonyl (C=O) groups excluding carboxylic acids is 1. The first-order valence-corrected chi connectivity index (χ1v) is 6.61. The predicted molar refractivity (Wildman–Crippen MR) is 83.7 cm³/mol. The first-order chi connectivity index (χ1) is 10.7. The van der Waals surface area contributed by atoms with Crippen LogP contribution in [0, 0.1) is 11.8 Å². The molecule has 0 bridgehead atoms. The zero-order chi connectivity index (χ0) is 15.9. The standard InChI is InChI=1S/C18H16O4/c1-20-16-12-10-14(17(21-2)18(16)22-3)9-11-15(19)13-7-5-4-6-8-13/h4-8,10,12H,1-3H3. The Morgan fingerprint density at radius 2 is 1.55 bits per heavy atom. The minimum Gasteiger partial charge on any atom is -0.493 e. The summed E-state index contributed by atoms with van der Waals surface area (Å²) in [4.78, 5) is 12.0. The Morgan fingerprint density at radius 3 is 2.14 bits per heavy atom. The van der Waals surface area contributed by atoms with Gasteiger partial charge in [0, 0.05) is 5.56 Å². The summed E-state index contributed by atoms with van der Waals surface area (Å²) in [5.41, 5.74) is 1.11. The SMILES string of the molecule is COc1ccc(C#CC(=O)c2ccccc2)c(OC)c1OC. The fourth-order valence-electron chi connectivity index (χ4n) is 1.99. The summed E-state index contributed by atoms with van der Waals surface area (Å²) in [6.45, 7) is 0. The van der Waals surface area contributed by atoms with Crippen LogP contribution in [0.5, 0.6) is 17.2 Å². The number of carbonyl (C=O) groups is 1. The van der Waals surface area contributed by atoms with E-state index in [4.69, 9.17) is 14.2 Å². The Balaban J connectivity index is 2.39. The molecular formula is C18H16O4. The van der Waals surface area contributed by atoms with Gasteiger partial charge in [-0.3, -0.25) is 4.79 Å². The van der Waals surface area contributed by atoms with Gasteiger partial charge in [0.1, 0.15) is 0 Å². The van der Waals surface area contributed by atoms with Crippen molar-refractivity contribution in [2.75, 3.05) is 21.3 Å². The third kappa shape index (κ3) is 3.21. The topological polar surface area (TPSA) is 44.8 Å². The van der Waals surface area contributed by atoms with Crippen LogP contribution in [0.25, 0.3) is 0 Å². The molecule has 0 spiro atoms. The maximum atomic E-state index is 12.0. The minimum atomic E-state index is -0.252. The second-order valence-corrected chi connectivity index (χ2v) is 4.33. The van der Waals surface area contributed by atoms with E-state index in [0.717, 1.165) is 0 Å². The van der Waals surface area contributed by atoms with Gasteiger partial charge in [0.25, 0.3) is 0 Å². The van der Waals surface area contributed by atoms with Gasteiger partial charge in [0.05, 0.1) is 26.9 Å². The van der Waals surface area contributed by atoms with E-state index in [2.05, 4.69) is 11.8 Å². The monoisotopic (exact) mass is 296 g/mol. The molecule has 2 aromatic carbocycles. The highest BCUT2D eigenvalue weighted by atomic mass is 16.5. The molecule has 0 radical (unpaired) electrons. The fraction of sp³-hybridized carbons (Fsp3) is 0.167. The van der Waals surface area contributed by atoms with Crippen LogP contribution in [-0.2, 0) is 0 Å². The zero-order valence-electron chi connectivity index (χ0n) is 12.7. The molecule has 4 heteroatoms. The summed E-state index contributed by atoms with van der Waals surface area (Å²) in [6.07, 6.45) is 0. The lowest BCUT2D eigenvalue weighted by molar-refractivity contribution is 0.105. The Bertz CT molecular complexity index is 724. The highest BCUT2D eigenvalue weighted by Crippen LogP contribution is 2.39. The van der Waals surface area contributed by atoms with Crippen LogP contribution in [0.3, 0.4) is 0 Å². The van der Waals surface area contributed by atoms with E-state index in [1.54, 1.807) is 43.5 Å². The smallest absolute Gasteiger partial charge is 0.236 e. The second-order valence-electron chi connectivity index (χ2n) is 4.33. The van der Waals surface area contributed by atoms with Crippen LogP contribution in [-0.4, -0.2) is 27.1 Å². The number of methoxy groups -OCH3 is 3. The highest BCUT2D eigenvalue weighted by Gasteiger charge is 2.14. The Kier molecular flexibility index (Phi) is 5.05. The summed E-state index contributed by atoms with van der Waals surface area (Å²) in [7, 11) is 4.58. The molecule has 0 amide bonds. The van der Waals surface area contributed by atoms with E-state index in [0.29, 0.717) is 28.4 Å². The third-order valence-corrected chi connectivity index (χ3v) is 3.05. The zero-order valence-corrected chi connectivity index (χ0v) is 12.7. The number of benzene rings is 2. The molecule has 112 valence electrons. The molecule has 0 aliphatic heterocycles. The molecule has 22 heavy (non-hydrogen) atoms. The molecule has 2 aromatic rings. The minimum absolute atomic E-state index is 0.252. The molecule has 0 N–H and O–H groups in total. The molecule has 0 saturated carbocycles.